The minimum absolute atomic E-state index is 0.141. The molecule has 0 saturated heterocycles. The second kappa shape index (κ2) is 4.84. The Morgan fingerprint density at radius 3 is 2.71 bits per heavy atom. The van der Waals surface area contributed by atoms with Crippen LogP contribution in [0.1, 0.15) is 11.7 Å². The highest BCUT2D eigenvalue weighted by Gasteiger charge is 2.19. The molecule has 2 atom stereocenters. The zero-order valence-corrected chi connectivity index (χ0v) is 8.91. The van der Waals surface area contributed by atoms with Crippen LogP contribution in [0.25, 0.3) is 0 Å². The molecular weight excluding hydrogens is 224 g/mol. The summed E-state index contributed by atoms with van der Waals surface area (Å²) >= 11 is 9.67. The van der Waals surface area contributed by atoms with Crippen LogP contribution in [0.2, 0.25) is 5.02 Å². The Balaban J connectivity index is 2.95. The van der Waals surface area contributed by atoms with E-state index >= 15 is 0 Å². The van der Waals surface area contributed by atoms with Crippen LogP contribution >= 0.6 is 24.2 Å². The summed E-state index contributed by atoms with van der Waals surface area (Å²) in [4.78, 5) is 3.78. The summed E-state index contributed by atoms with van der Waals surface area (Å²) in [6.45, 7) is 0. The fourth-order valence-corrected chi connectivity index (χ4v) is 1.45. The second-order valence-corrected chi connectivity index (χ2v) is 3.60. The summed E-state index contributed by atoms with van der Waals surface area (Å²) in [5.41, 5.74) is 5.73. The van der Waals surface area contributed by atoms with E-state index in [1.807, 2.05) is 0 Å². The molecule has 0 amide bonds. The Kier molecular flexibility index (Phi) is 4.00. The lowest BCUT2D eigenvalue weighted by atomic mass is 10.1. The molecule has 0 radical (unpaired) electrons. The molecule has 0 spiro atoms. The first-order valence-electron chi connectivity index (χ1n) is 3.94. The first kappa shape index (κ1) is 11.6. The van der Waals surface area contributed by atoms with Crippen LogP contribution in [0, 0.1) is 0 Å². The van der Waals surface area contributed by atoms with Crippen molar-refractivity contribution in [3.63, 3.8) is 0 Å². The van der Waals surface area contributed by atoms with Gasteiger partial charge >= 0.3 is 0 Å². The van der Waals surface area contributed by atoms with Crippen LogP contribution in [0.3, 0.4) is 0 Å². The maximum absolute atomic E-state index is 9.60. The SMILES string of the molecule is Nc1cc(Cl)c(C(O)C(O)CS)cn1. The average Bonchev–Trinajstić information content (AvgIpc) is 2.15. The molecule has 0 aliphatic heterocycles. The van der Waals surface area contributed by atoms with Gasteiger partial charge in [0.1, 0.15) is 11.9 Å². The number of anilines is 1. The Morgan fingerprint density at radius 2 is 2.21 bits per heavy atom. The van der Waals surface area contributed by atoms with E-state index in [1.165, 1.54) is 12.3 Å². The lowest BCUT2D eigenvalue weighted by Crippen LogP contribution is -2.20. The number of nitrogens with two attached hydrogens (primary N) is 1. The molecule has 1 aromatic heterocycles. The number of aromatic nitrogens is 1. The van der Waals surface area contributed by atoms with Crippen molar-refractivity contribution in [2.75, 3.05) is 11.5 Å². The third kappa shape index (κ3) is 2.51. The molecule has 0 aromatic carbocycles. The quantitative estimate of drug-likeness (QED) is 0.579. The topological polar surface area (TPSA) is 79.4 Å². The van der Waals surface area contributed by atoms with Gasteiger partial charge in [0, 0.05) is 17.5 Å². The molecule has 1 aromatic rings. The van der Waals surface area contributed by atoms with Crippen molar-refractivity contribution in [1.82, 2.24) is 4.98 Å². The standard InChI is InChI=1S/C8H11ClN2O2S/c9-5-1-7(10)11-2-4(5)8(13)6(12)3-14/h1-2,6,8,12-14H,3H2,(H2,10,11). The van der Waals surface area contributed by atoms with Gasteiger partial charge in [-0.2, -0.15) is 12.6 Å². The zero-order valence-electron chi connectivity index (χ0n) is 7.26. The maximum atomic E-state index is 9.60. The minimum Gasteiger partial charge on any atom is -0.389 e. The van der Waals surface area contributed by atoms with Crippen LogP contribution in [0.15, 0.2) is 12.3 Å². The molecule has 0 aliphatic carbocycles. The fraction of sp³-hybridized carbons (Fsp3) is 0.375. The fourth-order valence-electron chi connectivity index (χ4n) is 0.981. The number of hydrogen-bond donors (Lipinski definition) is 4. The summed E-state index contributed by atoms with van der Waals surface area (Å²) in [7, 11) is 0. The number of aliphatic hydroxyl groups excluding tert-OH is 2. The summed E-state index contributed by atoms with van der Waals surface area (Å²) in [6, 6.07) is 1.42. The van der Waals surface area contributed by atoms with E-state index in [2.05, 4.69) is 17.6 Å². The molecular formula is C8H11ClN2O2S. The largest absolute Gasteiger partial charge is 0.389 e. The lowest BCUT2D eigenvalue weighted by molar-refractivity contribution is 0.0336. The van der Waals surface area contributed by atoms with E-state index < -0.39 is 12.2 Å². The normalized spacial score (nSPS) is 15.1. The highest BCUT2D eigenvalue weighted by atomic mass is 35.5. The van der Waals surface area contributed by atoms with E-state index in [0.717, 1.165) is 0 Å². The van der Waals surface area contributed by atoms with Crippen molar-refractivity contribution in [3.05, 3.63) is 22.8 Å². The first-order valence-corrected chi connectivity index (χ1v) is 4.95. The van der Waals surface area contributed by atoms with Crippen molar-refractivity contribution in [3.8, 4) is 0 Å². The Labute approximate surface area is 92.1 Å². The van der Waals surface area contributed by atoms with E-state index in [4.69, 9.17) is 17.3 Å². The molecule has 0 saturated carbocycles. The monoisotopic (exact) mass is 234 g/mol. The highest BCUT2D eigenvalue weighted by molar-refractivity contribution is 7.80. The molecule has 1 rings (SSSR count). The van der Waals surface area contributed by atoms with E-state index in [9.17, 15) is 10.2 Å². The predicted molar refractivity (Wildman–Crippen MR) is 58.5 cm³/mol. The number of aliphatic hydroxyl groups is 2. The molecule has 78 valence electrons. The molecule has 2 unspecified atom stereocenters. The van der Waals surface area contributed by atoms with Crippen molar-refractivity contribution in [2.45, 2.75) is 12.2 Å². The third-order valence-electron chi connectivity index (χ3n) is 1.77. The maximum Gasteiger partial charge on any atom is 0.124 e. The van der Waals surface area contributed by atoms with Gasteiger partial charge in [0.2, 0.25) is 0 Å². The molecule has 4 nitrogen and oxygen atoms in total. The smallest absolute Gasteiger partial charge is 0.124 e. The van der Waals surface area contributed by atoms with Crippen LogP contribution in [0.4, 0.5) is 5.82 Å². The first-order chi connectivity index (χ1) is 6.56. The summed E-state index contributed by atoms with van der Waals surface area (Å²) in [5.74, 6) is 0.410. The molecule has 0 bridgehead atoms. The van der Waals surface area contributed by atoms with Gasteiger partial charge in [0.15, 0.2) is 0 Å². The van der Waals surface area contributed by atoms with Gasteiger partial charge < -0.3 is 15.9 Å². The van der Waals surface area contributed by atoms with Crippen molar-refractivity contribution < 1.29 is 10.2 Å². The summed E-state index contributed by atoms with van der Waals surface area (Å²) in [6.07, 6.45) is -0.719. The number of hydrogen-bond acceptors (Lipinski definition) is 5. The number of halogens is 1. The predicted octanol–water partition coefficient (Wildman–Crippen LogP) is 0.641. The molecule has 6 heteroatoms. The molecule has 1 heterocycles. The Morgan fingerprint density at radius 1 is 1.57 bits per heavy atom. The van der Waals surface area contributed by atoms with Gasteiger partial charge in [0.25, 0.3) is 0 Å². The molecule has 0 fully saturated rings. The second-order valence-electron chi connectivity index (χ2n) is 2.83. The van der Waals surface area contributed by atoms with Crippen molar-refractivity contribution in [2.24, 2.45) is 0 Å². The van der Waals surface area contributed by atoms with Crippen LogP contribution < -0.4 is 5.73 Å². The van der Waals surface area contributed by atoms with Gasteiger partial charge in [-0.15, -0.1) is 0 Å². The summed E-state index contributed by atoms with van der Waals surface area (Å²) < 4.78 is 0. The third-order valence-corrected chi connectivity index (χ3v) is 2.47. The number of thiol groups is 1. The Bertz CT molecular complexity index is 324. The van der Waals surface area contributed by atoms with E-state index in [0.29, 0.717) is 5.56 Å². The minimum atomic E-state index is -1.09. The van der Waals surface area contributed by atoms with E-state index in [-0.39, 0.29) is 16.6 Å². The molecule has 14 heavy (non-hydrogen) atoms. The highest BCUT2D eigenvalue weighted by Crippen LogP contribution is 2.26. The van der Waals surface area contributed by atoms with Gasteiger partial charge in [-0.25, -0.2) is 4.98 Å². The molecule has 0 aliphatic rings. The average molecular weight is 235 g/mol. The van der Waals surface area contributed by atoms with Gasteiger partial charge in [-0.1, -0.05) is 11.6 Å². The number of pyridine rings is 1. The van der Waals surface area contributed by atoms with Crippen molar-refractivity contribution in [1.29, 1.82) is 0 Å². The number of rotatable bonds is 3. The van der Waals surface area contributed by atoms with Gasteiger partial charge in [-0.3, -0.25) is 0 Å². The lowest BCUT2D eigenvalue weighted by Gasteiger charge is -2.16. The van der Waals surface area contributed by atoms with Crippen LogP contribution in [0.5, 0.6) is 0 Å². The van der Waals surface area contributed by atoms with Gasteiger partial charge in [-0.05, 0) is 6.07 Å². The number of nitrogens with zero attached hydrogens (tertiary/aromatic N) is 1. The van der Waals surface area contributed by atoms with Crippen LogP contribution in [-0.2, 0) is 0 Å². The van der Waals surface area contributed by atoms with E-state index in [1.54, 1.807) is 0 Å². The number of nitrogen functional groups attached to an aromatic ring is 1. The molecule has 4 N–H and O–H groups in total. The van der Waals surface area contributed by atoms with Crippen molar-refractivity contribution >= 4 is 30.0 Å². The van der Waals surface area contributed by atoms with Crippen LogP contribution in [-0.4, -0.2) is 27.1 Å². The summed E-state index contributed by atoms with van der Waals surface area (Å²) in [5, 5.41) is 19.2. The zero-order chi connectivity index (χ0) is 10.7. The van der Waals surface area contributed by atoms with Gasteiger partial charge in [0.05, 0.1) is 11.1 Å². The Hall–Kier alpha value is -0.490.